The summed E-state index contributed by atoms with van der Waals surface area (Å²) in [4.78, 5) is 25.4. The number of hydrogen-bond acceptors (Lipinski definition) is 8. The topological polar surface area (TPSA) is 96.5 Å². The molecule has 0 spiro atoms. The van der Waals surface area contributed by atoms with Crippen LogP contribution in [0.2, 0.25) is 10.0 Å². The number of thioether (sulfide) groups is 1. The fourth-order valence-corrected chi connectivity index (χ4v) is 4.77. The van der Waals surface area contributed by atoms with Crippen LogP contribution < -0.4 is 10.6 Å². The van der Waals surface area contributed by atoms with E-state index in [4.69, 9.17) is 27.9 Å². The lowest BCUT2D eigenvalue weighted by Gasteiger charge is -2.33. The van der Waals surface area contributed by atoms with Gasteiger partial charge in [0, 0.05) is 33.1 Å². The van der Waals surface area contributed by atoms with Crippen LogP contribution in [0.1, 0.15) is 12.5 Å². The summed E-state index contributed by atoms with van der Waals surface area (Å²) in [6.07, 6.45) is -0.0802. The van der Waals surface area contributed by atoms with Crippen molar-refractivity contribution in [3.63, 3.8) is 0 Å². The summed E-state index contributed by atoms with van der Waals surface area (Å²) in [5.74, 6) is -0.100. The van der Waals surface area contributed by atoms with E-state index < -0.39 is 0 Å². The maximum Gasteiger partial charge on any atom is 0.230 e. The molecular formula is C18H21Cl2N5O3S2. The Bertz CT molecular complexity index is 898. The van der Waals surface area contributed by atoms with E-state index in [1.807, 2.05) is 12.1 Å². The molecule has 1 aliphatic rings. The molecule has 8 nitrogen and oxygen atoms in total. The van der Waals surface area contributed by atoms with Crippen LogP contribution in [0.25, 0.3) is 0 Å². The highest BCUT2D eigenvalue weighted by Crippen LogP contribution is 2.25. The number of hydrogen-bond donors (Lipinski definition) is 2. The molecule has 0 bridgehead atoms. The van der Waals surface area contributed by atoms with Crippen molar-refractivity contribution < 1.29 is 14.3 Å². The molecule has 0 saturated carbocycles. The molecule has 12 heteroatoms. The number of carbonyl (C=O) groups is 2. The average molecular weight is 490 g/mol. The van der Waals surface area contributed by atoms with Gasteiger partial charge in [-0.3, -0.25) is 14.5 Å². The van der Waals surface area contributed by atoms with Crippen molar-refractivity contribution >= 4 is 63.2 Å². The molecule has 1 aliphatic heterocycles. The van der Waals surface area contributed by atoms with E-state index >= 15 is 0 Å². The number of morpholine rings is 1. The van der Waals surface area contributed by atoms with Gasteiger partial charge in [0.15, 0.2) is 4.34 Å². The number of rotatable bonds is 8. The van der Waals surface area contributed by atoms with Gasteiger partial charge in [0.25, 0.3) is 0 Å². The van der Waals surface area contributed by atoms with Crippen LogP contribution in [0, 0.1) is 0 Å². The van der Waals surface area contributed by atoms with Crippen LogP contribution in [-0.2, 0) is 20.9 Å². The van der Waals surface area contributed by atoms with Crippen molar-refractivity contribution in [2.75, 3.05) is 37.3 Å². The van der Waals surface area contributed by atoms with Crippen molar-refractivity contribution in [1.29, 1.82) is 0 Å². The summed E-state index contributed by atoms with van der Waals surface area (Å²) in [5, 5.41) is 14.8. The molecular weight excluding hydrogens is 469 g/mol. The number of ether oxygens (including phenoxy) is 1. The SMILES string of the molecule is CC(=O)Nc1nnc(SCC(=O)NC[C@H]2CN(Cc3ccc(Cl)c(Cl)c3)CCO2)s1. The Labute approximate surface area is 192 Å². The van der Waals surface area contributed by atoms with Crippen LogP contribution in [0.4, 0.5) is 5.13 Å². The standard InChI is InChI=1S/C18H21Cl2N5O3S2/c1-11(26)22-17-23-24-18(30-17)29-10-16(27)21-7-13-9-25(4-5-28-13)8-12-2-3-14(19)15(20)6-12/h2-3,6,13H,4-5,7-10H2,1H3,(H,21,27)(H,22,23,26)/t13-/m0/s1. The summed E-state index contributed by atoms with van der Waals surface area (Å²) in [5.41, 5.74) is 1.08. The number of aromatic nitrogens is 2. The molecule has 2 amide bonds. The first-order valence-electron chi connectivity index (χ1n) is 9.17. The zero-order valence-electron chi connectivity index (χ0n) is 16.2. The highest BCUT2D eigenvalue weighted by Gasteiger charge is 2.21. The van der Waals surface area contributed by atoms with Gasteiger partial charge >= 0.3 is 0 Å². The third-order valence-corrected chi connectivity index (χ3v) is 6.87. The van der Waals surface area contributed by atoms with Gasteiger partial charge in [0.1, 0.15) is 0 Å². The Hall–Kier alpha value is -1.43. The van der Waals surface area contributed by atoms with Crippen molar-refractivity contribution in [2.24, 2.45) is 0 Å². The smallest absolute Gasteiger partial charge is 0.230 e. The van der Waals surface area contributed by atoms with Gasteiger partial charge in [-0.2, -0.15) is 0 Å². The molecule has 1 saturated heterocycles. The van der Waals surface area contributed by atoms with Gasteiger partial charge in [-0.15, -0.1) is 10.2 Å². The molecule has 1 aromatic carbocycles. The molecule has 2 aromatic rings. The van der Waals surface area contributed by atoms with Crippen LogP contribution in [0.3, 0.4) is 0 Å². The normalized spacial score (nSPS) is 17.0. The molecule has 162 valence electrons. The monoisotopic (exact) mass is 489 g/mol. The highest BCUT2D eigenvalue weighted by molar-refractivity contribution is 8.01. The van der Waals surface area contributed by atoms with Gasteiger partial charge in [0.05, 0.1) is 28.5 Å². The Morgan fingerprint density at radius 3 is 2.93 bits per heavy atom. The van der Waals surface area contributed by atoms with E-state index in [1.54, 1.807) is 6.07 Å². The lowest BCUT2D eigenvalue weighted by Crippen LogP contribution is -2.47. The largest absolute Gasteiger partial charge is 0.374 e. The molecule has 3 rings (SSSR count). The predicted octanol–water partition coefficient (Wildman–Crippen LogP) is 2.91. The number of amides is 2. The first-order chi connectivity index (χ1) is 14.4. The van der Waals surface area contributed by atoms with Crippen LogP contribution in [0.15, 0.2) is 22.5 Å². The van der Waals surface area contributed by atoms with Crippen LogP contribution in [0.5, 0.6) is 0 Å². The summed E-state index contributed by atoms with van der Waals surface area (Å²) in [6.45, 7) is 4.71. The first kappa shape index (κ1) is 23.2. The van der Waals surface area contributed by atoms with E-state index in [0.717, 1.165) is 18.7 Å². The Balaban J connectivity index is 1.39. The van der Waals surface area contributed by atoms with Gasteiger partial charge in [-0.1, -0.05) is 52.4 Å². The minimum atomic E-state index is -0.207. The lowest BCUT2D eigenvalue weighted by molar-refractivity contribution is -0.119. The fourth-order valence-electron chi connectivity index (χ4n) is 2.82. The molecule has 0 aliphatic carbocycles. The van der Waals surface area contributed by atoms with Crippen molar-refractivity contribution in [3.8, 4) is 0 Å². The molecule has 1 atom stereocenters. The highest BCUT2D eigenvalue weighted by atomic mass is 35.5. The van der Waals surface area contributed by atoms with E-state index in [2.05, 4.69) is 25.7 Å². The quantitative estimate of drug-likeness (QED) is 0.434. The van der Waals surface area contributed by atoms with Crippen molar-refractivity contribution in [2.45, 2.75) is 23.9 Å². The molecule has 30 heavy (non-hydrogen) atoms. The molecule has 0 unspecified atom stereocenters. The number of halogens is 2. The zero-order valence-corrected chi connectivity index (χ0v) is 19.3. The third-order valence-electron chi connectivity index (χ3n) is 4.16. The Kier molecular flexibility index (Phi) is 8.72. The minimum Gasteiger partial charge on any atom is -0.374 e. The molecule has 0 radical (unpaired) electrons. The second kappa shape index (κ2) is 11.3. The maximum absolute atomic E-state index is 12.1. The van der Waals surface area contributed by atoms with Crippen molar-refractivity contribution in [3.05, 3.63) is 33.8 Å². The number of anilines is 1. The number of benzene rings is 1. The average Bonchev–Trinajstić information content (AvgIpc) is 3.14. The fraction of sp³-hybridized carbons (Fsp3) is 0.444. The lowest BCUT2D eigenvalue weighted by atomic mass is 10.2. The summed E-state index contributed by atoms with van der Waals surface area (Å²) < 4.78 is 6.39. The Morgan fingerprint density at radius 1 is 1.33 bits per heavy atom. The predicted molar refractivity (Wildman–Crippen MR) is 119 cm³/mol. The van der Waals surface area contributed by atoms with E-state index in [1.165, 1.54) is 30.0 Å². The van der Waals surface area contributed by atoms with E-state index in [-0.39, 0.29) is 23.7 Å². The van der Waals surface area contributed by atoms with E-state index in [0.29, 0.717) is 39.2 Å². The second-order valence-corrected chi connectivity index (χ2v) is 9.64. The van der Waals surface area contributed by atoms with Gasteiger partial charge in [-0.05, 0) is 17.7 Å². The van der Waals surface area contributed by atoms with Gasteiger partial charge < -0.3 is 15.4 Å². The van der Waals surface area contributed by atoms with Crippen molar-refractivity contribution in [1.82, 2.24) is 20.4 Å². The van der Waals surface area contributed by atoms with E-state index in [9.17, 15) is 9.59 Å². The Morgan fingerprint density at radius 2 is 2.17 bits per heavy atom. The van der Waals surface area contributed by atoms with Gasteiger partial charge in [0.2, 0.25) is 16.9 Å². The number of carbonyl (C=O) groups excluding carboxylic acids is 2. The van der Waals surface area contributed by atoms with Crippen LogP contribution >= 0.6 is 46.3 Å². The molecule has 2 heterocycles. The maximum atomic E-state index is 12.1. The molecule has 1 fully saturated rings. The number of nitrogens with one attached hydrogen (secondary N) is 2. The van der Waals surface area contributed by atoms with Crippen LogP contribution in [-0.4, -0.2) is 65.0 Å². The first-order valence-corrected chi connectivity index (χ1v) is 11.7. The second-order valence-electron chi connectivity index (χ2n) is 6.62. The summed E-state index contributed by atoms with van der Waals surface area (Å²) in [6, 6.07) is 5.63. The minimum absolute atomic E-state index is 0.0802. The third kappa shape index (κ3) is 7.36. The molecule has 2 N–H and O–H groups in total. The number of nitrogens with zero attached hydrogens (tertiary/aromatic N) is 3. The van der Waals surface area contributed by atoms with Gasteiger partial charge in [-0.25, -0.2) is 0 Å². The molecule has 1 aromatic heterocycles. The zero-order chi connectivity index (χ0) is 21.5. The summed E-state index contributed by atoms with van der Waals surface area (Å²) >= 11 is 14.6. The summed E-state index contributed by atoms with van der Waals surface area (Å²) in [7, 11) is 0.